The van der Waals surface area contributed by atoms with Gasteiger partial charge in [0, 0.05) is 29.0 Å². The van der Waals surface area contributed by atoms with Crippen LogP contribution < -0.4 is 16.0 Å². The maximum absolute atomic E-state index is 12.5. The molecular weight excluding hydrogens is 286 g/mol. The van der Waals surface area contributed by atoms with Gasteiger partial charge in [0.2, 0.25) is 0 Å². The smallest absolute Gasteiger partial charge is 0.326 e. The zero-order valence-electron chi connectivity index (χ0n) is 11.4. The van der Waals surface area contributed by atoms with E-state index in [4.69, 9.17) is 17.3 Å². The van der Waals surface area contributed by atoms with Gasteiger partial charge in [0.15, 0.2) is 0 Å². The quantitative estimate of drug-likeness (QED) is 0.849. The molecule has 0 aliphatic carbocycles. The molecule has 1 unspecified atom stereocenters. The number of para-hydroxylation sites is 1. The second kappa shape index (κ2) is 5.76. The fourth-order valence-corrected chi connectivity index (χ4v) is 2.77. The molecule has 0 saturated heterocycles. The highest BCUT2D eigenvalue weighted by atomic mass is 35.5. The summed E-state index contributed by atoms with van der Waals surface area (Å²) in [5, 5.41) is 3.45. The lowest BCUT2D eigenvalue weighted by molar-refractivity contribution is 0.256. The Morgan fingerprint density at radius 2 is 2.05 bits per heavy atom. The summed E-state index contributed by atoms with van der Waals surface area (Å²) < 4.78 is 0. The molecule has 1 atom stereocenters. The maximum atomic E-state index is 12.5. The van der Waals surface area contributed by atoms with Crippen LogP contribution in [0.5, 0.6) is 0 Å². The summed E-state index contributed by atoms with van der Waals surface area (Å²) in [6.45, 7) is 0.503. The van der Waals surface area contributed by atoms with E-state index in [-0.39, 0.29) is 12.1 Å². The fraction of sp³-hybridized carbons (Fsp3) is 0.188. The monoisotopic (exact) mass is 301 g/mol. The first kappa shape index (κ1) is 13.9. The highest BCUT2D eigenvalue weighted by Crippen LogP contribution is 2.27. The summed E-state index contributed by atoms with van der Waals surface area (Å²) in [6, 6.07) is 14.7. The number of hydrogen-bond donors (Lipinski definition) is 2. The molecule has 3 N–H and O–H groups in total. The van der Waals surface area contributed by atoms with Gasteiger partial charge in [0.1, 0.15) is 0 Å². The lowest BCUT2D eigenvalue weighted by Crippen LogP contribution is -2.47. The molecule has 2 aromatic carbocycles. The van der Waals surface area contributed by atoms with Crippen LogP contribution in [0.3, 0.4) is 0 Å². The van der Waals surface area contributed by atoms with Gasteiger partial charge >= 0.3 is 6.03 Å². The third-order valence-electron chi connectivity index (χ3n) is 3.50. The Balaban J connectivity index is 1.85. The average Bonchev–Trinajstić information content (AvgIpc) is 2.46. The normalized spacial score (nSPS) is 17.2. The molecule has 3 rings (SSSR count). The van der Waals surface area contributed by atoms with Gasteiger partial charge in [-0.2, -0.15) is 0 Å². The van der Waals surface area contributed by atoms with Crippen molar-refractivity contribution < 1.29 is 4.79 Å². The van der Waals surface area contributed by atoms with Gasteiger partial charge in [-0.3, -0.25) is 4.90 Å². The number of halogens is 1. The lowest BCUT2D eigenvalue weighted by Gasteiger charge is -2.33. The minimum atomic E-state index is -0.195. The van der Waals surface area contributed by atoms with Crippen molar-refractivity contribution in [2.24, 2.45) is 5.73 Å². The third kappa shape index (κ3) is 3.01. The molecular formula is C16H16ClN3O. The maximum Gasteiger partial charge on any atom is 0.326 e. The van der Waals surface area contributed by atoms with E-state index in [0.29, 0.717) is 17.3 Å². The van der Waals surface area contributed by atoms with E-state index in [1.807, 2.05) is 24.3 Å². The highest BCUT2D eigenvalue weighted by molar-refractivity contribution is 6.30. The molecule has 5 heteroatoms. The van der Waals surface area contributed by atoms with Crippen LogP contribution in [-0.2, 0) is 6.42 Å². The predicted octanol–water partition coefficient (Wildman–Crippen LogP) is 3.26. The summed E-state index contributed by atoms with van der Waals surface area (Å²) in [5.74, 6) is 0. The number of nitrogens with two attached hydrogens (primary N) is 1. The number of carbonyl (C=O) groups excluding carboxylic acids is 1. The molecule has 0 bridgehead atoms. The number of hydrogen-bond acceptors (Lipinski definition) is 2. The number of rotatable bonds is 1. The Kier molecular flexibility index (Phi) is 3.82. The number of urea groups is 1. The Hall–Kier alpha value is -2.04. The van der Waals surface area contributed by atoms with E-state index in [2.05, 4.69) is 5.32 Å². The molecule has 1 aliphatic heterocycles. The fourth-order valence-electron chi connectivity index (χ4n) is 2.58. The van der Waals surface area contributed by atoms with E-state index >= 15 is 0 Å². The lowest BCUT2D eigenvalue weighted by atomic mass is 9.99. The average molecular weight is 302 g/mol. The number of fused-ring (bicyclic) bond motifs is 1. The zero-order valence-corrected chi connectivity index (χ0v) is 12.2. The van der Waals surface area contributed by atoms with Gasteiger partial charge in [0.25, 0.3) is 0 Å². The van der Waals surface area contributed by atoms with Crippen molar-refractivity contribution in [1.29, 1.82) is 0 Å². The van der Waals surface area contributed by atoms with E-state index in [1.165, 1.54) is 0 Å². The van der Waals surface area contributed by atoms with Crippen LogP contribution in [0.1, 0.15) is 5.56 Å². The summed E-state index contributed by atoms with van der Waals surface area (Å²) in [6.07, 6.45) is 0.789. The van der Waals surface area contributed by atoms with Crippen LogP contribution in [0.2, 0.25) is 5.02 Å². The molecule has 0 saturated carbocycles. The molecule has 0 fully saturated rings. The molecule has 0 radical (unpaired) electrons. The molecule has 1 heterocycles. The Morgan fingerprint density at radius 3 is 2.86 bits per heavy atom. The first-order valence-corrected chi connectivity index (χ1v) is 7.19. The Bertz CT molecular complexity index is 674. The Morgan fingerprint density at radius 1 is 1.24 bits per heavy atom. The second-order valence-electron chi connectivity index (χ2n) is 5.14. The van der Waals surface area contributed by atoms with Crippen molar-refractivity contribution in [3.8, 4) is 0 Å². The van der Waals surface area contributed by atoms with E-state index in [1.54, 1.807) is 29.2 Å². The summed E-state index contributed by atoms with van der Waals surface area (Å²) >= 11 is 5.93. The zero-order chi connectivity index (χ0) is 14.8. The van der Waals surface area contributed by atoms with Crippen molar-refractivity contribution in [3.63, 3.8) is 0 Å². The van der Waals surface area contributed by atoms with E-state index in [9.17, 15) is 4.79 Å². The number of nitrogens with one attached hydrogen (secondary N) is 1. The predicted molar refractivity (Wildman–Crippen MR) is 85.9 cm³/mol. The highest BCUT2D eigenvalue weighted by Gasteiger charge is 2.26. The molecule has 0 spiro atoms. The second-order valence-corrected chi connectivity index (χ2v) is 5.58. The largest absolute Gasteiger partial charge is 0.326 e. The van der Waals surface area contributed by atoms with E-state index < -0.39 is 0 Å². The minimum absolute atomic E-state index is 0.0509. The van der Waals surface area contributed by atoms with Gasteiger partial charge in [-0.1, -0.05) is 35.9 Å². The van der Waals surface area contributed by atoms with Gasteiger partial charge in [0.05, 0.1) is 0 Å². The molecule has 108 valence electrons. The topological polar surface area (TPSA) is 58.4 Å². The molecule has 4 nitrogen and oxygen atoms in total. The number of benzene rings is 2. The first-order chi connectivity index (χ1) is 10.1. The van der Waals surface area contributed by atoms with E-state index in [0.717, 1.165) is 17.7 Å². The van der Waals surface area contributed by atoms with Crippen LogP contribution in [0.4, 0.5) is 16.2 Å². The van der Waals surface area contributed by atoms with Crippen molar-refractivity contribution in [1.82, 2.24) is 0 Å². The van der Waals surface area contributed by atoms with Gasteiger partial charge in [-0.15, -0.1) is 0 Å². The van der Waals surface area contributed by atoms with Gasteiger partial charge in [-0.25, -0.2) is 4.79 Å². The third-order valence-corrected chi connectivity index (χ3v) is 3.74. The summed E-state index contributed by atoms with van der Waals surface area (Å²) in [5.41, 5.74) is 8.73. The van der Waals surface area contributed by atoms with Crippen molar-refractivity contribution >= 4 is 29.0 Å². The van der Waals surface area contributed by atoms with Crippen molar-refractivity contribution in [2.45, 2.75) is 12.5 Å². The van der Waals surface area contributed by atoms with Crippen molar-refractivity contribution in [3.05, 3.63) is 59.1 Å². The summed E-state index contributed by atoms with van der Waals surface area (Å²) in [7, 11) is 0. The van der Waals surface area contributed by atoms with Crippen LogP contribution in [0.25, 0.3) is 0 Å². The van der Waals surface area contributed by atoms with Crippen LogP contribution in [-0.4, -0.2) is 18.6 Å². The Labute approximate surface area is 128 Å². The molecule has 2 aromatic rings. The molecule has 1 aliphatic rings. The van der Waals surface area contributed by atoms with Gasteiger partial charge < -0.3 is 11.1 Å². The van der Waals surface area contributed by atoms with Gasteiger partial charge in [-0.05, 0) is 36.2 Å². The molecule has 0 aromatic heterocycles. The number of anilines is 2. The number of amides is 2. The van der Waals surface area contributed by atoms with Crippen LogP contribution >= 0.6 is 11.6 Å². The van der Waals surface area contributed by atoms with Crippen LogP contribution in [0, 0.1) is 0 Å². The SMILES string of the molecule is NC1Cc2ccccc2N(C(=O)Nc2cccc(Cl)c2)C1. The molecule has 21 heavy (non-hydrogen) atoms. The number of carbonyl (C=O) groups is 1. The minimum Gasteiger partial charge on any atom is -0.326 e. The standard InChI is InChI=1S/C16H16ClN3O/c17-12-5-3-6-14(9-12)19-16(21)20-10-13(18)8-11-4-1-2-7-15(11)20/h1-7,9,13H,8,10,18H2,(H,19,21). The summed E-state index contributed by atoms with van der Waals surface area (Å²) in [4.78, 5) is 14.2. The first-order valence-electron chi connectivity index (χ1n) is 6.81. The van der Waals surface area contributed by atoms with Crippen LogP contribution in [0.15, 0.2) is 48.5 Å². The molecule has 2 amide bonds. The number of nitrogens with zero attached hydrogens (tertiary/aromatic N) is 1. The van der Waals surface area contributed by atoms with Crippen molar-refractivity contribution in [2.75, 3.05) is 16.8 Å².